The Morgan fingerprint density at radius 3 is 2.65 bits per heavy atom. The SMILES string of the molecule is COc1cc(Cl)nc(NC(=O)C(Cl)c2ccccc2)n1. The van der Waals surface area contributed by atoms with Crippen LogP contribution in [0.4, 0.5) is 5.95 Å². The van der Waals surface area contributed by atoms with Crippen LogP contribution in [-0.2, 0) is 4.79 Å². The largest absolute Gasteiger partial charge is 0.481 e. The van der Waals surface area contributed by atoms with E-state index in [4.69, 9.17) is 27.9 Å². The zero-order valence-electron chi connectivity index (χ0n) is 10.5. The van der Waals surface area contributed by atoms with Gasteiger partial charge in [0, 0.05) is 6.07 Å². The van der Waals surface area contributed by atoms with Crippen LogP contribution in [0, 0.1) is 0 Å². The fourth-order valence-electron chi connectivity index (χ4n) is 1.50. The predicted molar refractivity (Wildman–Crippen MR) is 77.3 cm³/mol. The van der Waals surface area contributed by atoms with Gasteiger partial charge < -0.3 is 4.74 Å². The van der Waals surface area contributed by atoms with Crippen molar-refractivity contribution in [3.05, 3.63) is 47.1 Å². The number of methoxy groups -OCH3 is 1. The highest BCUT2D eigenvalue weighted by atomic mass is 35.5. The van der Waals surface area contributed by atoms with Gasteiger partial charge in [0.25, 0.3) is 0 Å². The molecule has 1 aromatic carbocycles. The molecule has 0 saturated carbocycles. The molecule has 2 aromatic rings. The first-order valence-corrected chi connectivity index (χ1v) is 6.50. The molecule has 104 valence electrons. The van der Waals surface area contributed by atoms with E-state index >= 15 is 0 Å². The summed E-state index contributed by atoms with van der Waals surface area (Å²) in [6.07, 6.45) is 0. The number of carbonyl (C=O) groups excluding carboxylic acids is 1. The maximum Gasteiger partial charge on any atom is 0.249 e. The summed E-state index contributed by atoms with van der Waals surface area (Å²) in [6.45, 7) is 0. The van der Waals surface area contributed by atoms with Crippen molar-refractivity contribution < 1.29 is 9.53 Å². The molecule has 1 N–H and O–H groups in total. The molecule has 0 aliphatic rings. The number of aromatic nitrogens is 2. The summed E-state index contributed by atoms with van der Waals surface area (Å²) in [6, 6.07) is 10.4. The van der Waals surface area contributed by atoms with Crippen molar-refractivity contribution in [2.75, 3.05) is 12.4 Å². The van der Waals surface area contributed by atoms with Gasteiger partial charge in [-0.25, -0.2) is 4.98 Å². The van der Waals surface area contributed by atoms with E-state index in [-0.39, 0.29) is 17.0 Å². The maximum absolute atomic E-state index is 12.0. The van der Waals surface area contributed by atoms with Crippen LogP contribution in [-0.4, -0.2) is 23.0 Å². The van der Waals surface area contributed by atoms with Crippen LogP contribution in [0.25, 0.3) is 0 Å². The molecule has 20 heavy (non-hydrogen) atoms. The Morgan fingerprint density at radius 2 is 2.00 bits per heavy atom. The Hall–Kier alpha value is -1.85. The van der Waals surface area contributed by atoms with E-state index in [1.54, 1.807) is 24.3 Å². The third-order valence-electron chi connectivity index (χ3n) is 2.44. The Bertz CT molecular complexity index is 608. The van der Waals surface area contributed by atoms with Crippen molar-refractivity contribution in [3.63, 3.8) is 0 Å². The van der Waals surface area contributed by atoms with Crippen LogP contribution < -0.4 is 10.1 Å². The molecule has 0 bridgehead atoms. The summed E-state index contributed by atoms with van der Waals surface area (Å²) < 4.78 is 4.94. The lowest BCUT2D eigenvalue weighted by atomic mass is 10.1. The first kappa shape index (κ1) is 14.6. The van der Waals surface area contributed by atoms with Gasteiger partial charge >= 0.3 is 0 Å². The van der Waals surface area contributed by atoms with Crippen LogP contribution >= 0.6 is 23.2 Å². The third-order valence-corrected chi connectivity index (χ3v) is 3.08. The number of benzene rings is 1. The number of carbonyl (C=O) groups is 1. The van der Waals surface area contributed by atoms with Crippen molar-refractivity contribution in [2.45, 2.75) is 5.38 Å². The highest BCUT2D eigenvalue weighted by molar-refractivity contribution is 6.32. The topological polar surface area (TPSA) is 64.1 Å². The number of alkyl halides is 1. The zero-order chi connectivity index (χ0) is 14.5. The first-order valence-electron chi connectivity index (χ1n) is 5.68. The van der Waals surface area contributed by atoms with Crippen molar-refractivity contribution in [2.24, 2.45) is 0 Å². The van der Waals surface area contributed by atoms with Gasteiger partial charge in [0.1, 0.15) is 10.5 Å². The van der Waals surface area contributed by atoms with Gasteiger partial charge in [-0.15, -0.1) is 11.6 Å². The molecule has 1 amide bonds. The minimum absolute atomic E-state index is 0.0425. The average Bonchev–Trinajstić information content (AvgIpc) is 2.46. The Labute approximate surface area is 125 Å². The predicted octanol–water partition coefficient (Wildman–Crippen LogP) is 3.06. The number of amides is 1. The molecular formula is C13H11Cl2N3O2. The maximum atomic E-state index is 12.0. The number of rotatable bonds is 4. The lowest BCUT2D eigenvalue weighted by molar-refractivity contribution is -0.116. The Kier molecular flexibility index (Phi) is 4.76. The minimum Gasteiger partial charge on any atom is -0.481 e. The summed E-state index contributed by atoms with van der Waals surface area (Å²) in [7, 11) is 1.44. The molecule has 1 aromatic heterocycles. The molecule has 1 unspecified atom stereocenters. The third kappa shape index (κ3) is 3.59. The molecule has 7 heteroatoms. The van der Waals surface area contributed by atoms with E-state index in [9.17, 15) is 4.79 Å². The minimum atomic E-state index is -0.843. The molecule has 2 rings (SSSR count). The van der Waals surface area contributed by atoms with Crippen LogP contribution in [0.3, 0.4) is 0 Å². The van der Waals surface area contributed by atoms with Crippen molar-refractivity contribution in [1.29, 1.82) is 0 Å². The molecule has 1 atom stereocenters. The quantitative estimate of drug-likeness (QED) is 0.696. The van der Waals surface area contributed by atoms with E-state index < -0.39 is 11.3 Å². The van der Waals surface area contributed by atoms with Crippen molar-refractivity contribution >= 4 is 35.1 Å². The van der Waals surface area contributed by atoms with E-state index in [0.717, 1.165) is 0 Å². The molecule has 0 aliphatic heterocycles. The molecule has 5 nitrogen and oxygen atoms in total. The van der Waals surface area contributed by atoms with Crippen molar-refractivity contribution in [1.82, 2.24) is 9.97 Å². The lowest BCUT2D eigenvalue weighted by Gasteiger charge is -2.10. The molecule has 1 heterocycles. The summed E-state index contributed by atoms with van der Waals surface area (Å²) in [5.41, 5.74) is 0.681. The van der Waals surface area contributed by atoms with E-state index in [0.29, 0.717) is 5.56 Å². The number of hydrogen-bond donors (Lipinski definition) is 1. The second-order valence-electron chi connectivity index (χ2n) is 3.82. The number of hydrogen-bond acceptors (Lipinski definition) is 4. The summed E-state index contributed by atoms with van der Waals surface area (Å²) in [4.78, 5) is 19.9. The molecule has 0 spiro atoms. The first-order chi connectivity index (χ1) is 9.60. The lowest BCUT2D eigenvalue weighted by Crippen LogP contribution is -2.19. The Morgan fingerprint density at radius 1 is 1.30 bits per heavy atom. The number of anilines is 1. The molecule has 0 aliphatic carbocycles. The molecule has 0 fully saturated rings. The van der Waals surface area contributed by atoms with Crippen LogP contribution in [0.5, 0.6) is 5.88 Å². The van der Waals surface area contributed by atoms with Gasteiger partial charge in [-0.3, -0.25) is 10.1 Å². The van der Waals surface area contributed by atoms with Gasteiger partial charge in [-0.2, -0.15) is 4.98 Å². The monoisotopic (exact) mass is 311 g/mol. The normalized spacial score (nSPS) is 11.8. The highest BCUT2D eigenvalue weighted by Crippen LogP contribution is 2.22. The fourth-order valence-corrected chi connectivity index (χ4v) is 1.88. The van der Waals surface area contributed by atoms with E-state index in [2.05, 4.69) is 15.3 Å². The summed E-state index contributed by atoms with van der Waals surface area (Å²) >= 11 is 11.9. The van der Waals surface area contributed by atoms with Crippen LogP contribution in [0.15, 0.2) is 36.4 Å². The van der Waals surface area contributed by atoms with Crippen LogP contribution in [0.1, 0.15) is 10.9 Å². The molecular weight excluding hydrogens is 301 g/mol. The van der Waals surface area contributed by atoms with Gasteiger partial charge in [-0.1, -0.05) is 41.9 Å². The highest BCUT2D eigenvalue weighted by Gasteiger charge is 2.18. The number of nitrogens with zero attached hydrogens (tertiary/aromatic N) is 2. The van der Waals surface area contributed by atoms with E-state index in [1.807, 2.05) is 6.07 Å². The van der Waals surface area contributed by atoms with E-state index in [1.165, 1.54) is 13.2 Å². The van der Waals surface area contributed by atoms with Gasteiger partial charge in [-0.05, 0) is 5.56 Å². The number of ether oxygens (including phenoxy) is 1. The smallest absolute Gasteiger partial charge is 0.249 e. The average molecular weight is 312 g/mol. The second-order valence-corrected chi connectivity index (χ2v) is 4.64. The van der Waals surface area contributed by atoms with Gasteiger partial charge in [0.2, 0.25) is 17.7 Å². The number of halogens is 2. The fraction of sp³-hybridized carbons (Fsp3) is 0.154. The second kappa shape index (κ2) is 6.54. The Balaban J connectivity index is 2.13. The van der Waals surface area contributed by atoms with Gasteiger partial charge in [0.15, 0.2) is 0 Å². The molecule has 0 saturated heterocycles. The molecule has 0 radical (unpaired) electrons. The summed E-state index contributed by atoms with van der Waals surface area (Å²) in [5.74, 6) is -0.144. The van der Waals surface area contributed by atoms with Crippen LogP contribution in [0.2, 0.25) is 5.15 Å². The standard InChI is InChI=1S/C13H11Cl2N3O2/c1-20-10-7-9(14)16-13(17-10)18-12(19)11(15)8-5-3-2-4-6-8/h2-7,11H,1H3,(H,16,17,18,19). The summed E-state index contributed by atoms with van der Waals surface area (Å²) in [5, 5.41) is 1.82. The van der Waals surface area contributed by atoms with Crippen molar-refractivity contribution in [3.8, 4) is 5.88 Å². The zero-order valence-corrected chi connectivity index (χ0v) is 12.0. The number of nitrogens with one attached hydrogen (secondary N) is 1. The van der Waals surface area contributed by atoms with Gasteiger partial charge in [0.05, 0.1) is 7.11 Å².